The van der Waals surface area contributed by atoms with Gasteiger partial charge in [0.05, 0.1) is 12.8 Å². The summed E-state index contributed by atoms with van der Waals surface area (Å²) in [7, 11) is 1.34. The number of carbonyl (C=O) groups excluding carboxylic acids is 2. The summed E-state index contributed by atoms with van der Waals surface area (Å²) in [5.74, 6) is -0.457. The summed E-state index contributed by atoms with van der Waals surface area (Å²) in [5.41, 5.74) is 3.47. The molecule has 1 saturated carbocycles. The molecular formula is C27H32N2O4. The standard InChI is InChI=1S/C27H32N2O4/c1-27(2,3)33-22(30)17-29-24(19-13-9-6-10-14-19)23(18-11-7-5-8-12-18)20-15-16-21(26(31)32-4)28-25(20)29/h6,9-10,13-16,18H,5,7-8,11-12,17H2,1-4H3. The van der Waals surface area contributed by atoms with Crippen LogP contribution in [0.3, 0.4) is 0 Å². The maximum absolute atomic E-state index is 13.0. The number of rotatable bonds is 5. The highest BCUT2D eigenvalue weighted by molar-refractivity contribution is 5.95. The molecule has 0 saturated heterocycles. The number of fused-ring (bicyclic) bond motifs is 1. The largest absolute Gasteiger partial charge is 0.464 e. The molecule has 6 nitrogen and oxygen atoms in total. The number of aromatic nitrogens is 2. The number of methoxy groups -OCH3 is 1. The van der Waals surface area contributed by atoms with Crippen LogP contribution in [0.25, 0.3) is 22.3 Å². The van der Waals surface area contributed by atoms with Crippen molar-refractivity contribution in [1.29, 1.82) is 0 Å². The Morgan fingerprint density at radius 1 is 1.03 bits per heavy atom. The normalized spacial score (nSPS) is 14.9. The summed E-state index contributed by atoms with van der Waals surface area (Å²) in [6.07, 6.45) is 5.82. The molecule has 0 unspecified atom stereocenters. The Labute approximate surface area is 194 Å². The van der Waals surface area contributed by atoms with Crippen molar-refractivity contribution in [3.63, 3.8) is 0 Å². The summed E-state index contributed by atoms with van der Waals surface area (Å²) in [4.78, 5) is 29.9. The quantitative estimate of drug-likeness (QED) is 0.456. The van der Waals surface area contributed by atoms with E-state index in [1.807, 2.05) is 49.6 Å². The predicted molar refractivity (Wildman–Crippen MR) is 128 cm³/mol. The van der Waals surface area contributed by atoms with Crippen LogP contribution in [0.5, 0.6) is 0 Å². The second-order valence-electron chi connectivity index (χ2n) is 9.70. The number of nitrogens with zero attached hydrogens (tertiary/aromatic N) is 2. The van der Waals surface area contributed by atoms with Crippen LogP contribution in [0, 0.1) is 0 Å². The van der Waals surface area contributed by atoms with E-state index in [4.69, 9.17) is 9.47 Å². The minimum absolute atomic E-state index is 0.0162. The maximum atomic E-state index is 13.0. The summed E-state index contributed by atoms with van der Waals surface area (Å²) < 4.78 is 12.5. The second kappa shape index (κ2) is 9.38. The number of pyridine rings is 1. The molecule has 2 heterocycles. The van der Waals surface area contributed by atoms with Crippen molar-refractivity contribution >= 4 is 23.0 Å². The van der Waals surface area contributed by atoms with Gasteiger partial charge in [0.1, 0.15) is 17.8 Å². The zero-order chi connectivity index (χ0) is 23.6. The number of hydrogen-bond acceptors (Lipinski definition) is 5. The van der Waals surface area contributed by atoms with E-state index in [0.717, 1.165) is 29.5 Å². The summed E-state index contributed by atoms with van der Waals surface area (Å²) in [5, 5.41) is 0.983. The van der Waals surface area contributed by atoms with E-state index >= 15 is 0 Å². The van der Waals surface area contributed by atoms with Gasteiger partial charge in [0.15, 0.2) is 5.69 Å². The Kier molecular flexibility index (Phi) is 6.54. The molecule has 0 amide bonds. The van der Waals surface area contributed by atoms with Crippen LogP contribution in [0.4, 0.5) is 0 Å². The number of benzene rings is 1. The molecule has 1 aliphatic rings. The molecule has 0 radical (unpaired) electrons. The molecule has 0 aliphatic heterocycles. The highest BCUT2D eigenvalue weighted by Gasteiger charge is 2.29. The summed E-state index contributed by atoms with van der Waals surface area (Å²) in [6, 6.07) is 13.8. The van der Waals surface area contributed by atoms with Gasteiger partial charge in [-0.15, -0.1) is 0 Å². The Morgan fingerprint density at radius 2 is 1.73 bits per heavy atom. The molecule has 3 aromatic rings. The topological polar surface area (TPSA) is 70.4 Å². The molecule has 174 valence electrons. The van der Waals surface area contributed by atoms with E-state index in [1.54, 1.807) is 6.07 Å². The third kappa shape index (κ3) is 4.95. The number of hydrogen-bond donors (Lipinski definition) is 0. The minimum Gasteiger partial charge on any atom is -0.464 e. The van der Waals surface area contributed by atoms with Gasteiger partial charge < -0.3 is 14.0 Å². The summed E-state index contributed by atoms with van der Waals surface area (Å²) >= 11 is 0. The predicted octanol–water partition coefficient (Wildman–Crippen LogP) is 5.88. The van der Waals surface area contributed by atoms with Crippen molar-refractivity contribution in [2.24, 2.45) is 0 Å². The molecule has 33 heavy (non-hydrogen) atoms. The first-order valence-corrected chi connectivity index (χ1v) is 11.7. The first kappa shape index (κ1) is 23.0. The van der Waals surface area contributed by atoms with Gasteiger partial charge in [0, 0.05) is 5.39 Å². The zero-order valence-electron chi connectivity index (χ0n) is 19.9. The Bertz CT molecular complexity index is 1150. The summed E-state index contributed by atoms with van der Waals surface area (Å²) in [6.45, 7) is 5.59. The molecule has 1 fully saturated rings. The van der Waals surface area contributed by atoms with Crippen molar-refractivity contribution < 1.29 is 19.1 Å². The number of esters is 2. The molecule has 0 bridgehead atoms. The molecular weight excluding hydrogens is 416 g/mol. The van der Waals surface area contributed by atoms with Crippen LogP contribution in [-0.2, 0) is 20.8 Å². The van der Waals surface area contributed by atoms with Gasteiger partial charge in [-0.1, -0.05) is 49.6 Å². The van der Waals surface area contributed by atoms with E-state index in [9.17, 15) is 9.59 Å². The van der Waals surface area contributed by atoms with E-state index < -0.39 is 11.6 Å². The zero-order valence-corrected chi connectivity index (χ0v) is 19.9. The van der Waals surface area contributed by atoms with Crippen LogP contribution in [0.15, 0.2) is 42.5 Å². The molecule has 1 aromatic carbocycles. The van der Waals surface area contributed by atoms with Crippen LogP contribution in [-0.4, -0.2) is 34.2 Å². The highest BCUT2D eigenvalue weighted by Crippen LogP contribution is 2.43. The molecule has 0 atom stereocenters. The van der Waals surface area contributed by atoms with Gasteiger partial charge in [0.2, 0.25) is 0 Å². The Morgan fingerprint density at radius 3 is 2.36 bits per heavy atom. The van der Waals surface area contributed by atoms with Gasteiger partial charge in [-0.25, -0.2) is 9.78 Å². The highest BCUT2D eigenvalue weighted by atomic mass is 16.6. The van der Waals surface area contributed by atoms with Crippen LogP contribution < -0.4 is 0 Å². The van der Waals surface area contributed by atoms with Gasteiger partial charge in [0.25, 0.3) is 0 Å². The fourth-order valence-electron chi connectivity index (χ4n) is 4.83. The van der Waals surface area contributed by atoms with Crippen molar-refractivity contribution in [2.75, 3.05) is 7.11 Å². The van der Waals surface area contributed by atoms with E-state index in [-0.39, 0.29) is 18.2 Å². The Hall–Kier alpha value is -3.15. The van der Waals surface area contributed by atoms with Crippen LogP contribution in [0.2, 0.25) is 0 Å². The smallest absolute Gasteiger partial charge is 0.356 e. The minimum atomic E-state index is -0.593. The van der Waals surface area contributed by atoms with Crippen molar-refractivity contribution in [3.8, 4) is 11.3 Å². The van der Waals surface area contributed by atoms with E-state index in [1.165, 1.54) is 31.9 Å². The third-order valence-electron chi connectivity index (χ3n) is 6.11. The first-order valence-electron chi connectivity index (χ1n) is 11.7. The maximum Gasteiger partial charge on any atom is 0.356 e. The first-order chi connectivity index (χ1) is 15.8. The van der Waals surface area contributed by atoms with Gasteiger partial charge in [-0.3, -0.25) is 4.79 Å². The van der Waals surface area contributed by atoms with Crippen LogP contribution >= 0.6 is 0 Å². The molecule has 6 heteroatoms. The van der Waals surface area contributed by atoms with Crippen molar-refractivity contribution in [1.82, 2.24) is 9.55 Å². The average Bonchev–Trinajstić information content (AvgIpc) is 3.11. The number of carbonyl (C=O) groups is 2. The van der Waals surface area contributed by atoms with Gasteiger partial charge in [-0.2, -0.15) is 0 Å². The lowest BCUT2D eigenvalue weighted by Crippen LogP contribution is -2.27. The molecule has 1 aliphatic carbocycles. The number of ether oxygens (including phenoxy) is 2. The van der Waals surface area contributed by atoms with E-state index in [0.29, 0.717) is 11.6 Å². The van der Waals surface area contributed by atoms with Crippen molar-refractivity contribution in [2.45, 2.75) is 70.9 Å². The van der Waals surface area contributed by atoms with Gasteiger partial charge >= 0.3 is 11.9 Å². The molecule has 4 rings (SSSR count). The second-order valence-corrected chi connectivity index (χ2v) is 9.70. The van der Waals surface area contributed by atoms with Gasteiger partial charge in [-0.05, 0) is 62.8 Å². The monoisotopic (exact) mass is 448 g/mol. The average molecular weight is 449 g/mol. The Balaban J connectivity index is 1.97. The molecule has 0 spiro atoms. The lowest BCUT2D eigenvalue weighted by Gasteiger charge is -2.24. The molecule has 2 aromatic heterocycles. The van der Waals surface area contributed by atoms with E-state index in [2.05, 4.69) is 17.1 Å². The van der Waals surface area contributed by atoms with Crippen molar-refractivity contribution in [3.05, 3.63) is 53.7 Å². The molecule has 0 N–H and O–H groups in total. The SMILES string of the molecule is COC(=O)c1ccc2c(C3CCCCC3)c(-c3ccccc3)n(CC(=O)OC(C)(C)C)c2n1. The lowest BCUT2D eigenvalue weighted by atomic mass is 9.82. The van der Waals surface area contributed by atoms with Crippen LogP contribution in [0.1, 0.15) is 74.8 Å². The fourth-order valence-corrected chi connectivity index (χ4v) is 4.83. The fraction of sp³-hybridized carbons (Fsp3) is 0.444. The third-order valence-corrected chi connectivity index (χ3v) is 6.11. The lowest BCUT2D eigenvalue weighted by molar-refractivity contribution is -0.155.